The van der Waals surface area contributed by atoms with E-state index in [0.717, 1.165) is 42.3 Å². The van der Waals surface area contributed by atoms with Crippen LogP contribution >= 0.6 is 0 Å². The second kappa shape index (κ2) is 10.3. The van der Waals surface area contributed by atoms with Crippen molar-refractivity contribution >= 4 is 40.3 Å². The van der Waals surface area contributed by atoms with Crippen molar-refractivity contribution in [2.24, 2.45) is 0 Å². The number of para-hydroxylation sites is 3. The number of aromatic nitrogens is 1. The molecule has 3 amide bonds. The number of carbonyl (C=O) groups excluding carboxylic acids is 2. The molecule has 1 atom stereocenters. The molecule has 1 aliphatic carbocycles. The predicted octanol–water partition coefficient (Wildman–Crippen LogP) is 5.52. The summed E-state index contributed by atoms with van der Waals surface area (Å²) in [5, 5.41) is 11.3. The molecular formula is C31H30N4O4. The van der Waals surface area contributed by atoms with Crippen LogP contribution in [-0.2, 0) is 17.6 Å². The van der Waals surface area contributed by atoms with E-state index in [9.17, 15) is 19.5 Å². The number of rotatable bonds is 3. The summed E-state index contributed by atoms with van der Waals surface area (Å²) in [7, 11) is 0. The van der Waals surface area contributed by atoms with Crippen molar-refractivity contribution in [3.8, 4) is 0 Å². The first-order chi connectivity index (χ1) is 19.0. The average Bonchev–Trinajstić information content (AvgIpc) is 3.32. The Bertz CT molecular complexity index is 1490. The van der Waals surface area contributed by atoms with Gasteiger partial charge in [-0.2, -0.15) is 0 Å². The van der Waals surface area contributed by atoms with Gasteiger partial charge < -0.3 is 14.9 Å². The van der Waals surface area contributed by atoms with Gasteiger partial charge in [0.05, 0.1) is 23.4 Å². The van der Waals surface area contributed by atoms with Crippen molar-refractivity contribution in [2.75, 3.05) is 24.5 Å². The van der Waals surface area contributed by atoms with Crippen molar-refractivity contribution in [1.29, 1.82) is 0 Å². The maximum absolute atomic E-state index is 14.0. The number of aryl methyl sites for hydroxylation is 1. The van der Waals surface area contributed by atoms with E-state index in [4.69, 9.17) is 0 Å². The summed E-state index contributed by atoms with van der Waals surface area (Å²) in [4.78, 5) is 45.0. The van der Waals surface area contributed by atoms with E-state index >= 15 is 0 Å². The fourth-order valence-corrected chi connectivity index (χ4v) is 5.90. The van der Waals surface area contributed by atoms with Gasteiger partial charge in [-0.15, -0.1) is 0 Å². The van der Waals surface area contributed by atoms with Crippen molar-refractivity contribution in [2.45, 2.75) is 31.7 Å². The number of carboxylic acids is 1. The van der Waals surface area contributed by atoms with Crippen LogP contribution in [0.2, 0.25) is 0 Å². The molecule has 1 saturated heterocycles. The van der Waals surface area contributed by atoms with Gasteiger partial charge in [0.25, 0.3) is 0 Å². The quantitative estimate of drug-likeness (QED) is 0.384. The Morgan fingerprint density at radius 2 is 1.38 bits per heavy atom. The predicted molar refractivity (Wildman–Crippen MR) is 149 cm³/mol. The van der Waals surface area contributed by atoms with E-state index < -0.39 is 12.0 Å². The average molecular weight is 523 g/mol. The lowest BCUT2D eigenvalue weighted by molar-refractivity contribution is -0.143. The number of aliphatic carboxylic acids is 1. The standard InChI is InChI=1S/C31H30N4O4/c36-29(37)28-21-32(30(38)34(22-11-3-1-4-12-22)23-13-5-2-6-14-23)19-20-33(28)31(39)35-26-17-9-7-15-24(26)25-16-8-10-18-27(25)35/h1-7,9,11-15,17,28H,8,10,16,18-21H2,(H,36,37)/t28-/m0/s1. The molecule has 198 valence electrons. The Labute approximate surface area is 226 Å². The SMILES string of the molecule is O=C(O)[C@@H]1CN(C(=O)N(c2ccccc2)c2ccccc2)CCN1C(=O)n1c2c(c3ccccc31)CCCC2. The minimum atomic E-state index is -1.16. The molecule has 8 nitrogen and oxygen atoms in total. The summed E-state index contributed by atoms with van der Waals surface area (Å²) < 4.78 is 1.72. The Hall–Kier alpha value is -4.59. The number of fused-ring (bicyclic) bond motifs is 3. The summed E-state index contributed by atoms with van der Waals surface area (Å²) >= 11 is 0. The fraction of sp³-hybridized carbons (Fsp3) is 0.258. The lowest BCUT2D eigenvalue weighted by atomic mass is 9.96. The second-order valence-corrected chi connectivity index (χ2v) is 10.1. The van der Waals surface area contributed by atoms with E-state index in [1.165, 1.54) is 15.4 Å². The van der Waals surface area contributed by atoms with Crippen LogP contribution in [0.1, 0.15) is 24.1 Å². The van der Waals surface area contributed by atoms with Crippen LogP contribution in [0.25, 0.3) is 10.9 Å². The number of piperazine rings is 1. The van der Waals surface area contributed by atoms with Crippen LogP contribution in [0, 0.1) is 0 Å². The third-order valence-corrected chi connectivity index (χ3v) is 7.77. The molecule has 1 aromatic heterocycles. The van der Waals surface area contributed by atoms with Gasteiger partial charge in [-0.1, -0.05) is 54.6 Å². The molecule has 6 rings (SSSR count). The number of urea groups is 1. The molecular weight excluding hydrogens is 492 g/mol. The van der Waals surface area contributed by atoms with Gasteiger partial charge in [0.2, 0.25) is 0 Å². The highest BCUT2D eigenvalue weighted by Gasteiger charge is 2.40. The molecule has 0 bridgehead atoms. The molecule has 0 radical (unpaired) electrons. The normalized spacial score (nSPS) is 17.1. The van der Waals surface area contributed by atoms with Crippen molar-refractivity contribution in [1.82, 2.24) is 14.4 Å². The van der Waals surface area contributed by atoms with Crippen molar-refractivity contribution in [3.63, 3.8) is 0 Å². The number of anilines is 2. The minimum Gasteiger partial charge on any atom is -0.480 e. The summed E-state index contributed by atoms with van der Waals surface area (Å²) in [5.41, 5.74) is 4.35. The summed E-state index contributed by atoms with van der Waals surface area (Å²) in [6.45, 7) is 0.254. The maximum atomic E-state index is 14.0. The van der Waals surface area contributed by atoms with E-state index in [2.05, 4.69) is 0 Å². The van der Waals surface area contributed by atoms with E-state index in [-0.39, 0.29) is 31.7 Å². The third-order valence-electron chi connectivity index (χ3n) is 7.77. The molecule has 3 aromatic carbocycles. The van der Waals surface area contributed by atoms with Gasteiger partial charge in [-0.25, -0.2) is 14.4 Å². The Morgan fingerprint density at radius 1 is 0.769 bits per heavy atom. The highest BCUT2D eigenvalue weighted by molar-refractivity contribution is 6.00. The monoisotopic (exact) mass is 522 g/mol. The molecule has 1 aliphatic heterocycles. The largest absolute Gasteiger partial charge is 0.480 e. The highest BCUT2D eigenvalue weighted by Crippen LogP contribution is 2.33. The van der Waals surface area contributed by atoms with E-state index in [1.54, 1.807) is 9.47 Å². The molecule has 1 N–H and O–H groups in total. The molecule has 0 unspecified atom stereocenters. The Balaban J connectivity index is 1.31. The topological polar surface area (TPSA) is 86.1 Å². The van der Waals surface area contributed by atoms with Crippen molar-refractivity contribution in [3.05, 3.63) is 96.2 Å². The number of benzene rings is 3. The van der Waals surface area contributed by atoms with Crippen LogP contribution < -0.4 is 4.90 Å². The molecule has 0 saturated carbocycles. The number of amides is 3. The summed E-state index contributed by atoms with van der Waals surface area (Å²) in [5.74, 6) is -1.13. The number of carboxylic acid groups (broad SMARTS) is 1. The lowest BCUT2D eigenvalue weighted by Gasteiger charge is -2.41. The molecule has 2 aliphatic rings. The first-order valence-corrected chi connectivity index (χ1v) is 13.4. The first-order valence-electron chi connectivity index (χ1n) is 13.4. The van der Waals surface area contributed by atoms with Crippen LogP contribution in [0.15, 0.2) is 84.9 Å². The Morgan fingerprint density at radius 3 is 2.05 bits per heavy atom. The van der Waals surface area contributed by atoms with Crippen LogP contribution in [-0.4, -0.2) is 63.2 Å². The third kappa shape index (κ3) is 4.41. The molecule has 1 fully saturated rings. The van der Waals surface area contributed by atoms with Gasteiger partial charge in [-0.05, 0) is 61.6 Å². The zero-order valence-corrected chi connectivity index (χ0v) is 21.6. The zero-order chi connectivity index (χ0) is 26.9. The molecule has 39 heavy (non-hydrogen) atoms. The molecule has 4 aromatic rings. The van der Waals surface area contributed by atoms with Gasteiger partial charge in [-0.3, -0.25) is 9.47 Å². The summed E-state index contributed by atoms with van der Waals surface area (Å²) in [6.07, 6.45) is 3.77. The Kier molecular flexibility index (Phi) is 6.52. The van der Waals surface area contributed by atoms with E-state index in [1.807, 2.05) is 84.9 Å². The van der Waals surface area contributed by atoms with Crippen LogP contribution in [0.4, 0.5) is 21.0 Å². The zero-order valence-electron chi connectivity index (χ0n) is 21.6. The number of carbonyl (C=O) groups is 3. The number of hydrogen-bond acceptors (Lipinski definition) is 3. The highest BCUT2D eigenvalue weighted by atomic mass is 16.4. The molecule has 8 heteroatoms. The summed E-state index contributed by atoms with van der Waals surface area (Å²) in [6, 6.07) is 24.6. The van der Waals surface area contributed by atoms with Crippen LogP contribution in [0.3, 0.4) is 0 Å². The first kappa shape index (κ1) is 24.7. The number of hydrogen-bond donors (Lipinski definition) is 1. The van der Waals surface area contributed by atoms with Gasteiger partial charge in [0, 0.05) is 24.2 Å². The second-order valence-electron chi connectivity index (χ2n) is 10.1. The van der Waals surface area contributed by atoms with Gasteiger partial charge >= 0.3 is 18.0 Å². The number of nitrogens with zero attached hydrogens (tertiary/aromatic N) is 4. The van der Waals surface area contributed by atoms with E-state index in [0.29, 0.717) is 11.4 Å². The smallest absolute Gasteiger partial charge is 0.329 e. The molecule has 2 heterocycles. The lowest BCUT2D eigenvalue weighted by Crippen LogP contribution is -2.61. The fourth-order valence-electron chi connectivity index (χ4n) is 5.90. The minimum absolute atomic E-state index is 0.0997. The van der Waals surface area contributed by atoms with Crippen LogP contribution in [0.5, 0.6) is 0 Å². The van der Waals surface area contributed by atoms with Gasteiger partial charge in [0.15, 0.2) is 0 Å². The molecule has 0 spiro atoms. The maximum Gasteiger partial charge on any atom is 0.329 e. The van der Waals surface area contributed by atoms with Gasteiger partial charge in [0.1, 0.15) is 6.04 Å². The van der Waals surface area contributed by atoms with Crippen molar-refractivity contribution < 1.29 is 19.5 Å².